The van der Waals surface area contributed by atoms with Crippen molar-refractivity contribution < 1.29 is 4.79 Å². The van der Waals surface area contributed by atoms with Crippen LogP contribution < -0.4 is 4.90 Å². The van der Waals surface area contributed by atoms with Crippen LogP contribution in [0.2, 0.25) is 0 Å². The van der Waals surface area contributed by atoms with E-state index in [0.717, 1.165) is 61.5 Å². The van der Waals surface area contributed by atoms with Gasteiger partial charge in [-0.3, -0.25) is 4.79 Å². The molecular weight excluding hydrogens is 376 g/mol. The van der Waals surface area contributed by atoms with Gasteiger partial charge in [-0.1, -0.05) is 32.1 Å². The van der Waals surface area contributed by atoms with Crippen molar-refractivity contribution in [1.82, 2.24) is 24.9 Å². The lowest BCUT2D eigenvalue weighted by Crippen LogP contribution is -2.49. The smallest absolute Gasteiger partial charge is 0.222 e. The molecule has 0 aromatic carbocycles. The lowest BCUT2D eigenvalue weighted by molar-refractivity contribution is -0.131. The summed E-state index contributed by atoms with van der Waals surface area (Å²) in [5.41, 5.74) is 3.29. The third-order valence-corrected chi connectivity index (χ3v) is 6.95. The van der Waals surface area contributed by atoms with Gasteiger partial charge in [0.25, 0.3) is 0 Å². The van der Waals surface area contributed by atoms with E-state index in [1.54, 1.807) is 0 Å². The van der Waals surface area contributed by atoms with E-state index in [1.807, 2.05) is 28.6 Å². The number of piperazine rings is 1. The van der Waals surface area contributed by atoms with Crippen LogP contribution in [-0.2, 0) is 4.79 Å². The second kappa shape index (κ2) is 9.14. The third kappa shape index (κ3) is 4.50. The summed E-state index contributed by atoms with van der Waals surface area (Å²) in [6.45, 7) is 9.29. The Labute approximate surface area is 179 Å². The van der Waals surface area contributed by atoms with E-state index in [-0.39, 0.29) is 0 Å². The van der Waals surface area contributed by atoms with E-state index in [9.17, 15) is 4.79 Å². The van der Waals surface area contributed by atoms with Gasteiger partial charge < -0.3 is 9.80 Å². The predicted molar refractivity (Wildman–Crippen MR) is 118 cm³/mol. The lowest BCUT2D eigenvalue weighted by atomic mass is 9.86. The van der Waals surface area contributed by atoms with Crippen LogP contribution in [0.1, 0.15) is 61.9 Å². The van der Waals surface area contributed by atoms with Gasteiger partial charge in [0, 0.05) is 38.3 Å². The largest absolute Gasteiger partial charge is 0.352 e. The Kier molecular flexibility index (Phi) is 6.35. The topological polar surface area (TPSA) is 67.2 Å². The summed E-state index contributed by atoms with van der Waals surface area (Å²) >= 11 is 0. The van der Waals surface area contributed by atoms with Gasteiger partial charge in [0.15, 0.2) is 11.6 Å². The molecule has 0 unspecified atom stereocenters. The average Bonchev–Trinajstić information content (AvgIpc) is 3.05. The molecule has 1 saturated carbocycles. The molecule has 1 saturated heterocycles. The van der Waals surface area contributed by atoms with Crippen molar-refractivity contribution in [2.45, 2.75) is 65.7 Å². The van der Waals surface area contributed by atoms with E-state index in [0.29, 0.717) is 12.3 Å². The maximum atomic E-state index is 12.6. The number of hydrogen-bond acceptors (Lipinski definition) is 5. The molecular formula is C23H34N6O. The van der Waals surface area contributed by atoms with Gasteiger partial charge in [0.2, 0.25) is 5.91 Å². The van der Waals surface area contributed by atoms with Crippen LogP contribution in [0.15, 0.2) is 12.1 Å². The van der Waals surface area contributed by atoms with E-state index < -0.39 is 0 Å². The SMILES string of the molecule is Cc1nn(-c2ccc(N3CCN(C(=O)CCC4CCCCC4)CC3)nn2)c(C)c1C. The van der Waals surface area contributed by atoms with Crippen LogP contribution in [0.5, 0.6) is 0 Å². The second-order valence-corrected chi connectivity index (χ2v) is 8.87. The van der Waals surface area contributed by atoms with Gasteiger partial charge in [-0.2, -0.15) is 5.10 Å². The summed E-state index contributed by atoms with van der Waals surface area (Å²) in [5, 5.41) is 13.4. The molecule has 30 heavy (non-hydrogen) atoms. The van der Waals surface area contributed by atoms with Gasteiger partial charge in [-0.25, -0.2) is 4.68 Å². The second-order valence-electron chi connectivity index (χ2n) is 8.87. The molecule has 0 bridgehead atoms. The molecule has 162 valence electrons. The fraction of sp³-hybridized carbons (Fsp3) is 0.652. The van der Waals surface area contributed by atoms with E-state index >= 15 is 0 Å². The number of hydrogen-bond donors (Lipinski definition) is 0. The Morgan fingerprint density at radius 1 is 0.967 bits per heavy atom. The molecule has 7 nitrogen and oxygen atoms in total. The highest BCUT2D eigenvalue weighted by Crippen LogP contribution is 2.27. The Bertz CT molecular complexity index is 861. The minimum absolute atomic E-state index is 0.321. The van der Waals surface area contributed by atoms with Crippen LogP contribution in [0.25, 0.3) is 5.82 Å². The first-order valence-electron chi connectivity index (χ1n) is 11.4. The molecule has 1 aliphatic carbocycles. The highest BCUT2D eigenvalue weighted by atomic mass is 16.2. The van der Waals surface area contributed by atoms with Crippen molar-refractivity contribution in [3.05, 3.63) is 29.1 Å². The van der Waals surface area contributed by atoms with Crippen LogP contribution in [-0.4, -0.2) is 57.0 Å². The van der Waals surface area contributed by atoms with Crippen molar-refractivity contribution in [1.29, 1.82) is 0 Å². The zero-order valence-electron chi connectivity index (χ0n) is 18.6. The highest BCUT2D eigenvalue weighted by molar-refractivity contribution is 5.76. The molecule has 0 N–H and O–H groups in total. The molecule has 1 aliphatic heterocycles. The number of aromatic nitrogens is 4. The Morgan fingerprint density at radius 3 is 2.23 bits per heavy atom. The number of rotatable bonds is 5. The first-order chi connectivity index (χ1) is 14.5. The summed E-state index contributed by atoms with van der Waals surface area (Å²) in [5.74, 6) is 2.70. The molecule has 2 aromatic heterocycles. The maximum Gasteiger partial charge on any atom is 0.222 e. The van der Waals surface area contributed by atoms with Crippen molar-refractivity contribution in [2.24, 2.45) is 5.92 Å². The van der Waals surface area contributed by atoms with E-state index in [1.165, 1.54) is 37.7 Å². The van der Waals surface area contributed by atoms with Crippen molar-refractivity contribution in [3.8, 4) is 5.82 Å². The standard InChI is InChI=1S/C23H34N6O/c1-17-18(2)26-29(19(17)3)22-11-10-21(24-25-22)27-13-15-28(16-14-27)23(30)12-9-20-7-5-4-6-8-20/h10-11,20H,4-9,12-16H2,1-3H3. The van der Waals surface area contributed by atoms with Crippen LogP contribution in [0.4, 0.5) is 5.82 Å². The van der Waals surface area contributed by atoms with Gasteiger partial charge in [0.05, 0.1) is 5.69 Å². The fourth-order valence-electron chi connectivity index (χ4n) is 4.69. The Balaban J connectivity index is 1.29. The zero-order valence-corrected chi connectivity index (χ0v) is 18.6. The highest BCUT2D eigenvalue weighted by Gasteiger charge is 2.23. The molecule has 2 aliphatic rings. The fourth-order valence-corrected chi connectivity index (χ4v) is 4.69. The monoisotopic (exact) mass is 410 g/mol. The van der Waals surface area contributed by atoms with Gasteiger partial charge in [-0.05, 0) is 50.8 Å². The average molecular weight is 411 g/mol. The molecule has 2 fully saturated rings. The molecule has 7 heteroatoms. The maximum absolute atomic E-state index is 12.6. The van der Waals surface area contributed by atoms with Gasteiger partial charge in [-0.15, -0.1) is 10.2 Å². The molecule has 0 spiro atoms. The third-order valence-electron chi connectivity index (χ3n) is 6.95. The molecule has 1 amide bonds. The van der Waals surface area contributed by atoms with Gasteiger partial charge in [0.1, 0.15) is 0 Å². The predicted octanol–water partition coefficient (Wildman–Crippen LogP) is 3.60. The summed E-state index contributed by atoms with van der Waals surface area (Å²) in [6.07, 6.45) is 8.46. The Hall–Kier alpha value is -2.44. The zero-order chi connectivity index (χ0) is 21.1. The summed E-state index contributed by atoms with van der Waals surface area (Å²) in [7, 11) is 0. The van der Waals surface area contributed by atoms with Crippen LogP contribution >= 0.6 is 0 Å². The van der Waals surface area contributed by atoms with Crippen LogP contribution in [0, 0.1) is 26.7 Å². The quantitative estimate of drug-likeness (QED) is 0.753. The normalized spacial score (nSPS) is 18.1. The number of carbonyl (C=O) groups excluding carboxylic acids is 1. The minimum Gasteiger partial charge on any atom is -0.352 e. The molecule has 0 atom stereocenters. The first kappa shape index (κ1) is 20.8. The number of anilines is 1. The van der Waals surface area contributed by atoms with Crippen molar-refractivity contribution in [3.63, 3.8) is 0 Å². The summed E-state index contributed by atoms with van der Waals surface area (Å²) in [6, 6.07) is 3.98. The van der Waals surface area contributed by atoms with E-state index in [2.05, 4.69) is 34.0 Å². The van der Waals surface area contributed by atoms with Crippen LogP contribution in [0.3, 0.4) is 0 Å². The number of carbonyl (C=O) groups is 1. The van der Waals surface area contributed by atoms with Crippen molar-refractivity contribution in [2.75, 3.05) is 31.1 Å². The van der Waals surface area contributed by atoms with E-state index in [4.69, 9.17) is 0 Å². The lowest BCUT2D eigenvalue weighted by Gasteiger charge is -2.35. The van der Waals surface area contributed by atoms with Crippen molar-refractivity contribution >= 4 is 11.7 Å². The molecule has 2 aromatic rings. The summed E-state index contributed by atoms with van der Waals surface area (Å²) < 4.78 is 1.85. The molecule has 3 heterocycles. The Morgan fingerprint density at radius 2 is 1.63 bits per heavy atom. The number of nitrogens with zero attached hydrogens (tertiary/aromatic N) is 6. The number of amides is 1. The molecule has 4 rings (SSSR count). The van der Waals surface area contributed by atoms with Gasteiger partial charge >= 0.3 is 0 Å². The molecule has 0 radical (unpaired) electrons. The minimum atomic E-state index is 0.321. The first-order valence-corrected chi connectivity index (χ1v) is 11.4. The summed E-state index contributed by atoms with van der Waals surface area (Å²) in [4.78, 5) is 16.9. The number of aryl methyl sites for hydroxylation is 1.